The summed E-state index contributed by atoms with van der Waals surface area (Å²) >= 11 is 6.17. The van der Waals surface area contributed by atoms with E-state index in [4.69, 9.17) is 11.6 Å². The van der Waals surface area contributed by atoms with Crippen LogP contribution in [0.4, 0.5) is 5.82 Å². The van der Waals surface area contributed by atoms with E-state index < -0.39 is 0 Å². The van der Waals surface area contributed by atoms with Crippen molar-refractivity contribution in [3.05, 3.63) is 22.8 Å². The molecule has 4 nitrogen and oxygen atoms in total. The van der Waals surface area contributed by atoms with E-state index >= 15 is 0 Å². The van der Waals surface area contributed by atoms with Crippen LogP contribution in [0.5, 0.6) is 0 Å². The molecule has 5 heteroatoms. The number of rotatable bonds is 4. The predicted molar refractivity (Wildman–Crippen MR) is 80.2 cm³/mol. The van der Waals surface area contributed by atoms with Crippen molar-refractivity contribution >= 4 is 23.3 Å². The smallest absolute Gasteiger partial charge is 0.274 e. The highest BCUT2D eigenvalue weighted by Crippen LogP contribution is 2.38. The summed E-state index contributed by atoms with van der Waals surface area (Å²) < 4.78 is 0. The molecular formula is C15H20ClN3O. The maximum absolute atomic E-state index is 12.6. The van der Waals surface area contributed by atoms with Crippen molar-refractivity contribution in [2.75, 3.05) is 18.4 Å². The standard InChI is InChI=1S/C15H20ClN3O/c1-2-7-17-13-6-5-12(16)14(18-13)15(20)19-9-10-3-4-11(19)8-10/h5-6,10-11H,2-4,7-9H2,1H3,(H,17,18). The number of pyridine rings is 1. The highest BCUT2D eigenvalue weighted by atomic mass is 35.5. The molecule has 1 aromatic rings. The van der Waals surface area contributed by atoms with Crippen molar-refractivity contribution in [2.24, 2.45) is 5.92 Å². The summed E-state index contributed by atoms with van der Waals surface area (Å²) in [5.74, 6) is 1.40. The largest absolute Gasteiger partial charge is 0.370 e. The lowest BCUT2D eigenvalue weighted by Crippen LogP contribution is -2.38. The van der Waals surface area contributed by atoms with E-state index in [1.54, 1.807) is 6.07 Å². The van der Waals surface area contributed by atoms with Gasteiger partial charge in [-0.3, -0.25) is 4.79 Å². The Morgan fingerprint density at radius 2 is 2.35 bits per heavy atom. The molecule has 2 unspecified atom stereocenters. The number of anilines is 1. The number of hydrogen-bond donors (Lipinski definition) is 1. The molecule has 0 aromatic carbocycles. The molecular weight excluding hydrogens is 274 g/mol. The number of halogens is 1. The van der Waals surface area contributed by atoms with Gasteiger partial charge in [0.15, 0.2) is 0 Å². The molecule has 108 valence electrons. The van der Waals surface area contributed by atoms with Crippen LogP contribution in [0, 0.1) is 5.92 Å². The molecule has 2 bridgehead atoms. The average Bonchev–Trinajstić information content (AvgIpc) is 3.08. The molecule has 1 N–H and O–H groups in total. The van der Waals surface area contributed by atoms with E-state index in [2.05, 4.69) is 17.2 Å². The Morgan fingerprint density at radius 1 is 1.50 bits per heavy atom. The Kier molecular flexibility index (Phi) is 3.83. The zero-order valence-corrected chi connectivity index (χ0v) is 12.5. The van der Waals surface area contributed by atoms with Gasteiger partial charge < -0.3 is 10.2 Å². The maximum Gasteiger partial charge on any atom is 0.274 e. The fourth-order valence-corrected chi connectivity index (χ4v) is 3.44. The van der Waals surface area contributed by atoms with E-state index in [1.165, 1.54) is 6.42 Å². The van der Waals surface area contributed by atoms with Crippen LogP contribution in [0.2, 0.25) is 5.02 Å². The molecule has 2 fully saturated rings. The van der Waals surface area contributed by atoms with Crippen molar-refractivity contribution < 1.29 is 4.79 Å². The first-order valence-corrected chi connectivity index (χ1v) is 7.78. The maximum atomic E-state index is 12.6. The lowest BCUT2D eigenvalue weighted by atomic mass is 10.1. The lowest BCUT2D eigenvalue weighted by Gasteiger charge is -2.27. The third kappa shape index (κ3) is 2.49. The van der Waals surface area contributed by atoms with E-state index in [0.717, 1.165) is 38.2 Å². The molecule has 1 amide bonds. The van der Waals surface area contributed by atoms with Crippen molar-refractivity contribution in [1.82, 2.24) is 9.88 Å². The average molecular weight is 294 g/mol. The summed E-state index contributed by atoms with van der Waals surface area (Å²) in [4.78, 5) is 19.0. The first-order chi connectivity index (χ1) is 9.69. The predicted octanol–water partition coefficient (Wildman–Crippen LogP) is 3.18. The zero-order valence-electron chi connectivity index (χ0n) is 11.7. The lowest BCUT2D eigenvalue weighted by molar-refractivity contribution is 0.0698. The first kappa shape index (κ1) is 13.7. The van der Waals surface area contributed by atoms with Crippen molar-refractivity contribution in [3.63, 3.8) is 0 Å². The number of nitrogens with one attached hydrogen (secondary N) is 1. The van der Waals surface area contributed by atoms with Gasteiger partial charge in [-0.05, 0) is 43.7 Å². The minimum absolute atomic E-state index is 0.0117. The van der Waals surface area contributed by atoms with E-state index in [9.17, 15) is 4.79 Å². The number of fused-ring (bicyclic) bond motifs is 2. The molecule has 1 saturated carbocycles. The first-order valence-electron chi connectivity index (χ1n) is 7.40. The van der Waals surface area contributed by atoms with Crippen LogP contribution in [0.25, 0.3) is 0 Å². The Bertz CT molecular complexity index is 520. The van der Waals surface area contributed by atoms with E-state index in [0.29, 0.717) is 22.7 Å². The van der Waals surface area contributed by atoms with Gasteiger partial charge in [-0.15, -0.1) is 0 Å². The van der Waals surface area contributed by atoms with Crippen LogP contribution in [-0.2, 0) is 0 Å². The Morgan fingerprint density at radius 3 is 3.00 bits per heavy atom. The SMILES string of the molecule is CCCNc1ccc(Cl)c(C(=O)N2CC3CCC2C3)n1. The number of piperidine rings is 1. The van der Waals surface area contributed by atoms with Crippen LogP contribution >= 0.6 is 11.6 Å². The van der Waals surface area contributed by atoms with Crippen molar-refractivity contribution in [2.45, 2.75) is 38.6 Å². The van der Waals surface area contributed by atoms with Gasteiger partial charge in [-0.1, -0.05) is 18.5 Å². The van der Waals surface area contributed by atoms with Crippen molar-refractivity contribution in [3.8, 4) is 0 Å². The van der Waals surface area contributed by atoms with Crippen LogP contribution in [0.1, 0.15) is 43.1 Å². The molecule has 0 radical (unpaired) electrons. The fourth-order valence-electron chi connectivity index (χ4n) is 3.25. The van der Waals surface area contributed by atoms with Gasteiger partial charge in [-0.25, -0.2) is 4.98 Å². The van der Waals surface area contributed by atoms with Gasteiger partial charge in [0.2, 0.25) is 0 Å². The number of hydrogen-bond acceptors (Lipinski definition) is 3. The third-order valence-corrected chi connectivity index (χ3v) is 4.58. The number of nitrogens with zero attached hydrogens (tertiary/aromatic N) is 2. The fraction of sp³-hybridized carbons (Fsp3) is 0.600. The Labute approximate surface area is 124 Å². The van der Waals surface area contributed by atoms with Crippen molar-refractivity contribution in [1.29, 1.82) is 0 Å². The van der Waals surface area contributed by atoms with Gasteiger partial charge in [0, 0.05) is 19.1 Å². The van der Waals surface area contributed by atoms with Gasteiger partial charge >= 0.3 is 0 Å². The minimum Gasteiger partial charge on any atom is -0.370 e. The van der Waals surface area contributed by atoms with Crippen LogP contribution in [0.15, 0.2) is 12.1 Å². The second-order valence-electron chi connectivity index (χ2n) is 5.74. The summed E-state index contributed by atoms with van der Waals surface area (Å²) in [5.41, 5.74) is 0.389. The molecule has 1 aliphatic heterocycles. The third-order valence-electron chi connectivity index (χ3n) is 4.27. The summed E-state index contributed by atoms with van der Waals surface area (Å²) in [6.07, 6.45) is 4.55. The topological polar surface area (TPSA) is 45.2 Å². The molecule has 1 saturated heterocycles. The molecule has 1 aliphatic carbocycles. The second kappa shape index (κ2) is 5.60. The summed E-state index contributed by atoms with van der Waals surface area (Å²) in [7, 11) is 0. The highest BCUT2D eigenvalue weighted by molar-refractivity contribution is 6.33. The molecule has 20 heavy (non-hydrogen) atoms. The summed E-state index contributed by atoms with van der Waals surface area (Å²) in [5, 5.41) is 3.65. The normalized spacial score (nSPS) is 24.2. The van der Waals surface area contributed by atoms with Gasteiger partial charge in [0.25, 0.3) is 5.91 Å². The summed E-state index contributed by atoms with van der Waals surface area (Å²) in [6.45, 7) is 3.81. The zero-order chi connectivity index (χ0) is 14.1. The Hall–Kier alpha value is -1.29. The summed E-state index contributed by atoms with van der Waals surface area (Å²) in [6, 6.07) is 3.98. The minimum atomic E-state index is -0.0117. The molecule has 1 aromatic heterocycles. The monoisotopic (exact) mass is 293 g/mol. The van der Waals surface area contributed by atoms with Gasteiger partial charge in [0.05, 0.1) is 5.02 Å². The Balaban J connectivity index is 1.80. The van der Waals surface area contributed by atoms with Crippen LogP contribution in [-0.4, -0.2) is 34.9 Å². The number of likely N-dealkylation sites (tertiary alicyclic amines) is 1. The van der Waals surface area contributed by atoms with Crippen LogP contribution < -0.4 is 5.32 Å². The van der Waals surface area contributed by atoms with E-state index in [-0.39, 0.29) is 5.91 Å². The second-order valence-corrected chi connectivity index (χ2v) is 6.15. The molecule has 2 atom stereocenters. The number of carbonyl (C=O) groups is 1. The molecule has 0 spiro atoms. The highest BCUT2D eigenvalue weighted by Gasteiger charge is 2.41. The number of aromatic nitrogens is 1. The number of amides is 1. The quantitative estimate of drug-likeness (QED) is 0.927. The van der Waals surface area contributed by atoms with E-state index in [1.807, 2.05) is 11.0 Å². The van der Waals surface area contributed by atoms with Gasteiger partial charge in [0.1, 0.15) is 11.5 Å². The molecule has 2 heterocycles. The number of carbonyl (C=O) groups excluding carboxylic acids is 1. The molecule has 3 rings (SSSR count). The van der Waals surface area contributed by atoms with Crippen LogP contribution in [0.3, 0.4) is 0 Å². The molecule has 2 aliphatic rings. The van der Waals surface area contributed by atoms with Gasteiger partial charge in [-0.2, -0.15) is 0 Å².